The summed E-state index contributed by atoms with van der Waals surface area (Å²) in [6, 6.07) is 8.93. The van der Waals surface area contributed by atoms with Gasteiger partial charge in [0.15, 0.2) is 5.78 Å². The van der Waals surface area contributed by atoms with E-state index in [4.69, 9.17) is 0 Å². The molecule has 0 bridgehead atoms. The number of hydrogen-bond donors (Lipinski definition) is 0. The maximum Gasteiger partial charge on any atom is 0.165 e. The van der Waals surface area contributed by atoms with Crippen LogP contribution in [0.5, 0.6) is 0 Å². The highest BCUT2D eigenvalue weighted by Crippen LogP contribution is 2.13. The Balaban J connectivity index is 2.34. The first-order valence-electron chi connectivity index (χ1n) is 5.96. The molecular formula is C14H19FO. The molecule has 1 aromatic rings. The minimum absolute atomic E-state index is 0.0216. The van der Waals surface area contributed by atoms with E-state index in [2.05, 4.69) is 6.92 Å². The van der Waals surface area contributed by atoms with Crippen LogP contribution in [-0.4, -0.2) is 12.0 Å². The molecule has 0 radical (unpaired) electrons. The number of unbranched alkanes of at least 4 members (excludes halogenated alkanes) is 2. The molecule has 0 amide bonds. The molecule has 16 heavy (non-hydrogen) atoms. The van der Waals surface area contributed by atoms with Crippen LogP contribution in [0.2, 0.25) is 0 Å². The van der Waals surface area contributed by atoms with Crippen LogP contribution in [0.25, 0.3) is 0 Å². The Morgan fingerprint density at radius 2 is 1.94 bits per heavy atom. The highest BCUT2D eigenvalue weighted by molar-refractivity contribution is 5.96. The normalized spacial score (nSPS) is 12.4. The summed E-state index contributed by atoms with van der Waals surface area (Å²) in [4.78, 5) is 11.6. The van der Waals surface area contributed by atoms with Crippen molar-refractivity contribution < 1.29 is 9.18 Å². The summed E-state index contributed by atoms with van der Waals surface area (Å²) in [5.74, 6) is -0.0930. The molecule has 0 spiro atoms. The van der Waals surface area contributed by atoms with Crippen molar-refractivity contribution in [1.29, 1.82) is 0 Å². The first-order chi connectivity index (χ1) is 7.74. The summed E-state index contributed by atoms with van der Waals surface area (Å²) in [5, 5.41) is 0. The Morgan fingerprint density at radius 3 is 2.56 bits per heavy atom. The van der Waals surface area contributed by atoms with Gasteiger partial charge in [0.2, 0.25) is 0 Å². The third-order valence-electron chi connectivity index (χ3n) is 2.62. The van der Waals surface area contributed by atoms with Crippen molar-refractivity contribution in [2.24, 2.45) is 0 Å². The van der Waals surface area contributed by atoms with Crippen LogP contribution in [0.3, 0.4) is 0 Å². The molecule has 1 aromatic carbocycles. The highest BCUT2D eigenvalue weighted by Gasteiger charge is 2.13. The zero-order valence-electron chi connectivity index (χ0n) is 9.79. The Kier molecular flexibility index (Phi) is 5.76. The summed E-state index contributed by atoms with van der Waals surface area (Å²) in [6.07, 6.45) is 2.54. The molecule has 0 aliphatic carbocycles. The van der Waals surface area contributed by atoms with Crippen LogP contribution < -0.4 is 0 Å². The predicted octanol–water partition coefficient (Wildman–Crippen LogP) is 4.18. The van der Waals surface area contributed by atoms with Gasteiger partial charge in [0.25, 0.3) is 0 Å². The molecule has 1 unspecified atom stereocenters. The number of Topliss-reactive ketones (excluding diaryl/α,β-unsaturated/α-hetero) is 1. The average molecular weight is 222 g/mol. The molecule has 0 aliphatic rings. The molecule has 0 saturated carbocycles. The van der Waals surface area contributed by atoms with Crippen LogP contribution in [0.15, 0.2) is 30.3 Å². The predicted molar refractivity (Wildman–Crippen MR) is 64.4 cm³/mol. The van der Waals surface area contributed by atoms with Gasteiger partial charge < -0.3 is 0 Å². The lowest BCUT2D eigenvalue weighted by Crippen LogP contribution is -2.09. The quantitative estimate of drug-likeness (QED) is 0.499. The first kappa shape index (κ1) is 12.9. The zero-order chi connectivity index (χ0) is 11.8. The first-order valence-corrected chi connectivity index (χ1v) is 5.96. The zero-order valence-corrected chi connectivity index (χ0v) is 9.79. The molecular weight excluding hydrogens is 203 g/mol. The maximum absolute atomic E-state index is 13.4. The SMILES string of the molecule is CCCCCC(F)CC(=O)c1ccccc1. The Hall–Kier alpha value is -1.18. The molecule has 0 fully saturated rings. The molecule has 0 saturated heterocycles. The summed E-state index contributed by atoms with van der Waals surface area (Å²) in [5.41, 5.74) is 0.612. The lowest BCUT2D eigenvalue weighted by molar-refractivity contribution is 0.0943. The number of rotatable bonds is 7. The van der Waals surface area contributed by atoms with Gasteiger partial charge in [-0.25, -0.2) is 4.39 Å². The van der Waals surface area contributed by atoms with E-state index >= 15 is 0 Å². The largest absolute Gasteiger partial charge is 0.294 e. The van der Waals surface area contributed by atoms with Crippen molar-refractivity contribution in [3.63, 3.8) is 0 Å². The Labute approximate surface area is 96.7 Å². The second kappa shape index (κ2) is 7.15. The van der Waals surface area contributed by atoms with E-state index in [1.54, 1.807) is 24.3 Å². The van der Waals surface area contributed by atoms with Crippen LogP contribution >= 0.6 is 0 Å². The molecule has 0 aliphatic heterocycles. The standard InChI is InChI=1S/C14H19FO/c1-2-3-5-10-13(15)11-14(16)12-8-6-4-7-9-12/h4,6-9,13H,2-3,5,10-11H2,1H3. The fourth-order valence-corrected chi connectivity index (χ4v) is 1.66. The van der Waals surface area contributed by atoms with E-state index in [0.717, 1.165) is 19.3 Å². The number of carbonyl (C=O) groups excluding carboxylic acids is 1. The van der Waals surface area contributed by atoms with Crippen molar-refractivity contribution in [3.8, 4) is 0 Å². The van der Waals surface area contributed by atoms with E-state index in [9.17, 15) is 9.18 Å². The fourth-order valence-electron chi connectivity index (χ4n) is 1.66. The van der Waals surface area contributed by atoms with Gasteiger partial charge in [-0.15, -0.1) is 0 Å². The Bertz CT molecular complexity index is 308. The van der Waals surface area contributed by atoms with Crippen molar-refractivity contribution in [2.75, 3.05) is 0 Å². The van der Waals surface area contributed by atoms with E-state index in [0.29, 0.717) is 12.0 Å². The number of alkyl halides is 1. The molecule has 0 heterocycles. The third kappa shape index (κ3) is 4.56. The van der Waals surface area contributed by atoms with Crippen LogP contribution in [0, 0.1) is 0 Å². The van der Waals surface area contributed by atoms with E-state index < -0.39 is 6.17 Å². The lowest BCUT2D eigenvalue weighted by Gasteiger charge is -2.06. The minimum atomic E-state index is -0.987. The molecule has 88 valence electrons. The number of ketones is 1. The van der Waals surface area contributed by atoms with Gasteiger partial charge in [-0.1, -0.05) is 56.5 Å². The van der Waals surface area contributed by atoms with Gasteiger partial charge in [0.1, 0.15) is 6.17 Å². The van der Waals surface area contributed by atoms with Crippen molar-refractivity contribution in [3.05, 3.63) is 35.9 Å². The molecule has 0 aromatic heterocycles. The average Bonchev–Trinajstić information content (AvgIpc) is 2.30. The number of carbonyl (C=O) groups is 1. The van der Waals surface area contributed by atoms with Gasteiger partial charge in [-0.3, -0.25) is 4.79 Å². The summed E-state index contributed by atoms with van der Waals surface area (Å²) in [7, 11) is 0. The van der Waals surface area contributed by atoms with Gasteiger partial charge in [-0.2, -0.15) is 0 Å². The summed E-state index contributed by atoms with van der Waals surface area (Å²) < 4.78 is 13.4. The minimum Gasteiger partial charge on any atom is -0.294 e. The molecule has 1 nitrogen and oxygen atoms in total. The third-order valence-corrected chi connectivity index (χ3v) is 2.62. The Morgan fingerprint density at radius 1 is 1.25 bits per heavy atom. The summed E-state index contributed by atoms with van der Waals surface area (Å²) >= 11 is 0. The van der Waals surface area contributed by atoms with Crippen molar-refractivity contribution in [2.45, 2.75) is 45.2 Å². The molecule has 2 heteroatoms. The van der Waals surface area contributed by atoms with Gasteiger partial charge in [0.05, 0.1) is 0 Å². The lowest BCUT2D eigenvalue weighted by atomic mass is 10.0. The van der Waals surface area contributed by atoms with Gasteiger partial charge in [0, 0.05) is 12.0 Å². The number of hydrogen-bond acceptors (Lipinski definition) is 1. The topological polar surface area (TPSA) is 17.1 Å². The summed E-state index contributed by atoms with van der Waals surface area (Å²) in [6.45, 7) is 2.09. The van der Waals surface area contributed by atoms with E-state index in [-0.39, 0.29) is 12.2 Å². The van der Waals surface area contributed by atoms with E-state index in [1.807, 2.05) is 6.07 Å². The van der Waals surface area contributed by atoms with Gasteiger partial charge in [-0.05, 0) is 6.42 Å². The van der Waals surface area contributed by atoms with Crippen molar-refractivity contribution >= 4 is 5.78 Å². The molecule has 1 atom stereocenters. The highest BCUT2D eigenvalue weighted by atomic mass is 19.1. The molecule has 1 rings (SSSR count). The van der Waals surface area contributed by atoms with Gasteiger partial charge >= 0.3 is 0 Å². The van der Waals surface area contributed by atoms with Crippen LogP contribution in [-0.2, 0) is 0 Å². The smallest absolute Gasteiger partial charge is 0.165 e. The number of benzene rings is 1. The monoisotopic (exact) mass is 222 g/mol. The fraction of sp³-hybridized carbons (Fsp3) is 0.500. The van der Waals surface area contributed by atoms with Crippen molar-refractivity contribution in [1.82, 2.24) is 0 Å². The second-order valence-corrected chi connectivity index (χ2v) is 4.09. The number of halogens is 1. The maximum atomic E-state index is 13.4. The van der Waals surface area contributed by atoms with Crippen LogP contribution in [0.4, 0.5) is 4.39 Å². The van der Waals surface area contributed by atoms with Crippen LogP contribution in [0.1, 0.15) is 49.4 Å². The second-order valence-electron chi connectivity index (χ2n) is 4.09. The molecule has 0 N–H and O–H groups in total. The van der Waals surface area contributed by atoms with E-state index in [1.165, 1.54) is 0 Å².